The molecule has 3 heterocycles. The molecular weight excluding hydrogens is 260 g/mol. The molecule has 0 aromatic carbocycles. The van der Waals surface area contributed by atoms with E-state index in [4.69, 9.17) is 0 Å². The van der Waals surface area contributed by atoms with Gasteiger partial charge in [-0.15, -0.1) is 21.5 Å². The highest BCUT2D eigenvalue weighted by atomic mass is 32.1. The van der Waals surface area contributed by atoms with Crippen molar-refractivity contribution >= 4 is 17.2 Å². The normalized spacial score (nSPS) is 13.6. The number of aryl methyl sites for hydroxylation is 3. The van der Waals surface area contributed by atoms with Gasteiger partial charge in [0.2, 0.25) is 0 Å². The molecule has 3 rings (SSSR count). The molecule has 0 spiro atoms. The van der Waals surface area contributed by atoms with Crippen LogP contribution in [-0.2, 0) is 19.5 Å². The molecule has 0 saturated heterocycles. The van der Waals surface area contributed by atoms with Gasteiger partial charge >= 0.3 is 0 Å². The Labute approximate surface area is 115 Å². The summed E-state index contributed by atoms with van der Waals surface area (Å²) >= 11 is 1.65. The first-order valence-corrected chi connectivity index (χ1v) is 7.23. The largest absolute Gasteiger partial charge is 0.345 e. The summed E-state index contributed by atoms with van der Waals surface area (Å²) in [4.78, 5) is 14.3. The predicted molar refractivity (Wildman–Crippen MR) is 73.3 cm³/mol. The fourth-order valence-electron chi connectivity index (χ4n) is 2.45. The summed E-state index contributed by atoms with van der Waals surface area (Å²) in [5.74, 6) is 1.86. The lowest BCUT2D eigenvalue weighted by Crippen LogP contribution is -2.24. The van der Waals surface area contributed by atoms with Gasteiger partial charge in [0, 0.05) is 22.7 Å². The monoisotopic (exact) mass is 276 g/mol. The van der Waals surface area contributed by atoms with Gasteiger partial charge in [-0.1, -0.05) is 0 Å². The summed E-state index contributed by atoms with van der Waals surface area (Å²) in [6.45, 7) is 5.39. The van der Waals surface area contributed by atoms with Crippen molar-refractivity contribution in [1.82, 2.24) is 20.1 Å². The molecule has 0 fully saturated rings. The molecule has 100 valence electrons. The minimum Gasteiger partial charge on any atom is -0.345 e. The van der Waals surface area contributed by atoms with Gasteiger partial charge in [0.25, 0.3) is 5.91 Å². The molecule has 0 saturated carbocycles. The summed E-state index contributed by atoms with van der Waals surface area (Å²) in [6, 6.07) is 1.93. The van der Waals surface area contributed by atoms with Crippen molar-refractivity contribution in [2.45, 2.75) is 39.8 Å². The Hall–Kier alpha value is -1.69. The van der Waals surface area contributed by atoms with E-state index in [1.807, 2.05) is 19.9 Å². The minimum atomic E-state index is -0.0304. The van der Waals surface area contributed by atoms with Gasteiger partial charge in [-0.25, -0.2) is 0 Å². The number of rotatable bonds is 3. The van der Waals surface area contributed by atoms with E-state index >= 15 is 0 Å². The summed E-state index contributed by atoms with van der Waals surface area (Å²) in [7, 11) is 0. The van der Waals surface area contributed by atoms with E-state index in [0.717, 1.165) is 46.4 Å². The van der Waals surface area contributed by atoms with Gasteiger partial charge in [-0.3, -0.25) is 4.79 Å². The van der Waals surface area contributed by atoms with Crippen molar-refractivity contribution in [3.63, 3.8) is 0 Å². The van der Waals surface area contributed by atoms with Crippen LogP contribution in [-0.4, -0.2) is 20.7 Å². The van der Waals surface area contributed by atoms with Crippen LogP contribution in [0.2, 0.25) is 0 Å². The van der Waals surface area contributed by atoms with Gasteiger partial charge in [-0.05, 0) is 26.3 Å². The van der Waals surface area contributed by atoms with E-state index in [0.29, 0.717) is 6.54 Å². The van der Waals surface area contributed by atoms with Gasteiger partial charge in [0.1, 0.15) is 5.82 Å². The number of nitrogens with one attached hydrogen (secondary N) is 1. The van der Waals surface area contributed by atoms with E-state index in [1.54, 1.807) is 11.3 Å². The van der Waals surface area contributed by atoms with Crippen molar-refractivity contribution in [3.05, 3.63) is 33.0 Å². The zero-order chi connectivity index (χ0) is 13.4. The molecule has 2 aromatic heterocycles. The van der Waals surface area contributed by atoms with E-state index in [9.17, 15) is 4.79 Å². The second-order valence-corrected chi connectivity index (χ2v) is 6.26. The Kier molecular flexibility index (Phi) is 3.10. The highest BCUT2D eigenvalue weighted by Crippen LogP contribution is 2.20. The second-order valence-electron chi connectivity index (χ2n) is 4.80. The zero-order valence-electron chi connectivity index (χ0n) is 11.1. The SMILES string of the molecule is Cc1cc(C(=O)NCc2nnc3n2CCC3)c(C)s1. The fraction of sp³-hybridized carbons (Fsp3) is 0.462. The number of thiophene rings is 1. The Balaban J connectivity index is 1.69. The third-order valence-electron chi connectivity index (χ3n) is 3.38. The summed E-state index contributed by atoms with van der Waals surface area (Å²) < 4.78 is 2.10. The Morgan fingerprint density at radius 3 is 3.05 bits per heavy atom. The third kappa shape index (κ3) is 2.28. The summed E-state index contributed by atoms with van der Waals surface area (Å²) in [6.07, 6.45) is 2.11. The lowest BCUT2D eigenvalue weighted by Gasteiger charge is -2.05. The van der Waals surface area contributed by atoms with Crippen molar-refractivity contribution < 1.29 is 4.79 Å². The van der Waals surface area contributed by atoms with Crippen molar-refractivity contribution in [1.29, 1.82) is 0 Å². The maximum absolute atomic E-state index is 12.1. The van der Waals surface area contributed by atoms with Gasteiger partial charge < -0.3 is 9.88 Å². The predicted octanol–water partition coefficient (Wildman–Crippen LogP) is 1.83. The number of amides is 1. The van der Waals surface area contributed by atoms with Crippen LogP contribution in [0.1, 0.15) is 38.2 Å². The lowest BCUT2D eigenvalue weighted by molar-refractivity contribution is 0.0949. The first kappa shape index (κ1) is 12.3. The third-order valence-corrected chi connectivity index (χ3v) is 4.34. The minimum absolute atomic E-state index is 0.0304. The van der Waals surface area contributed by atoms with Crippen molar-refractivity contribution in [3.8, 4) is 0 Å². The van der Waals surface area contributed by atoms with Crippen LogP contribution in [0.4, 0.5) is 0 Å². The van der Waals surface area contributed by atoms with Gasteiger partial charge in [-0.2, -0.15) is 0 Å². The van der Waals surface area contributed by atoms with E-state index in [-0.39, 0.29) is 5.91 Å². The van der Waals surface area contributed by atoms with Crippen LogP contribution >= 0.6 is 11.3 Å². The van der Waals surface area contributed by atoms with Crippen LogP contribution in [0.15, 0.2) is 6.07 Å². The maximum atomic E-state index is 12.1. The highest BCUT2D eigenvalue weighted by molar-refractivity contribution is 7.12. The molecule has 1 aliphatic heterocycles. The van der Waals surface area contributed by atoms with Crippen LogP contribution in [0.25, 0.3) is 0 Å². The highest BCUT2D eigenvalue weighted by Gasteiger charge is 2.18. The molecular formula is C13H16N4OS. The molecule has 6 heteroatoms. The number of hydrogen-bond acceptors (Lipinski definition) is 4. The molecule has 1 amide bonds. The number of carbonyl (C=O) groups excluding carboxylic acids is 1. The summed E-state index contributed by atoms with van der Waals surface area (Å²) in [5.41, 5.74) is 0.767. The smallest absolute Gasteiger partial charge is 0.252 e. The molecule has 19 heavy (non-hydrogen) atoms. The summed E-state index contributed by atoms with van der Waals surface area (Å²) in [5, 5.41) is 11.2. The number of nitrogens with zero attached hydrogens (tertiary/aromatic N) is 3. The number of hydrogen-bond donors (Lipinski definition) is 1. The lowest BCUT2D eigenvalue weighted by atomic mass is 10.2. The molecule has 2 aromatic rings. The average molecular weight is 276 g/mol. The number of carbonyl (C=O) groups is 1. The van der Waals surface area contributed by atoms with Gasteiger partial charge in [0.05, 0.1) is 12.1 Å². The maximum Gasteiger partial charge on any atom is 0.252 e. The van der Waals surface area contributed by atoms with Crippen LogP contribution in [0, 0.1) is 13.8 Å². The number of fused-ring (bicyclic) bond motifs is 1. The molecule has 0 aliphatic carbocycles. The molecule has 1 N–H and O–H groups in total. The van der Waals surface area contributed by atoms with Gasteiger partial charge in [0.15, 0.2) is 5.82 Å². The molecule has 0 bridgehead atoms. The average Bonchev–Trinajstić information content (AvgIpc) is 3.02. The van der Waals surface area contributed by atoms with E-state index < -0.39 is 0 Å². The topological polar surface area (TPSA) is 59.8 Å². The van der Waals surface area contributed by atoms with Crippen LogP contribution in [0.3, 0.4) is 0 Å². The second kappa shape index (κ2) is 4.77. The fourth-order valence-corrected chi connectivity index (χ4v) is 3.37. The van der Waals surface area contributed by atoms with E-state index in [1.165, 1.54) is 0 Å². The van der Waals surface area contributed by atoms with Crippen LogP contribution in [0.5, 0.6) is 0 Å². The zero-order valence-corrected chi connectivity index (χ0v) is 11.9. The first-order chi connectivity index (χ1) is 9.15. The molecule has 0 unspecified atom stereocenters. The van der Waals surface area contributed by atoms with E-state index in [2.05, 4.69) is 20.1 Å². The van der Waals surface area contributed by atoms with Crippen molar-refractivity contribution in [2.75, 3.05) is 0 Å². The molecule has 0 radical (unpaired) electrons. The van der Waals surface area contributed by atoms with Crippen LogP contribution < -0.4 is 5.32 Å². The van der Waals surface area contributed by atoms with Crippen molar-refractivity contribution in [2.24, 2.45) is 0 Å². The Morgan fingerprint density at radius 2 is 2.32 bits per heavy atom. The number of aromatic nitrogens is 3. The quantitative estimate of drug-likeness (QED) is 0.930. The Morgan fingerprint density at radius 1 is 1.47 bits per heavy atom. The molecule has 1 aliphatic rings. The standard InChI is InChI=1S/C13H16N4OS/c1-8-6-10(9(2)19-8)13(18)14-7-12-16-15-11-4-3-5-17(11)12/h6H,3-5,7H2,1-2H3,(H,14,18). The molecule has 0 atom stereocenters. The first-order valence-electron chi connectivity index (χ1n) is 6.41. The Bertz CT molecular complexity index is 629. The molecule has 5 nitrogen and oxygen atoms in total.